The molecular weight excluding hydrogens is 661 g/mol. The number of amides is 3. The number of carbonyl (C=O) groups is 3. The van der Waals surface area contributed by atoms with E-state index in [1.807, 2.05) is 6.07 Å². The number of aromatic nitrogens is 2. The Morgan fingerprint density at radius 3 is 2.51 bits per heavy atom. The van der Waals surface area contributed by atoms with Gasteiger partial charge in [-0.25, -0.2) is 31.6 Å². The second kappa shape index (κ2) is 13.3. The number of alkyl halides is 2. The SMILES string of the molecule is CS(=O)(=O)c1cc(F)cc(N(C(=O)[C@@H]2CCC(=O)N2c2nccc(C#N)n2)C(C(=O)NC2CCC(F)(F)CC2)c2ccccc2Cl)c1. The van der Waals surface area contributed by atoms with Crippen LogP contribution in [0, 0.1) is 17.1 Å². The predicted octanol–water partition coefficient (Wildman–Crippen LogP) is 4.51. The van der Waals surface area contributed by atoms with Crippen LogP contribution in [0.3, 0.4) is 0 Å². The van der Waals surface area contributed by atoms with Crippen molar-refractivity contribution in [2.24, 2.45) is 0 Å². The largest absolute Gasteiger partial charge is 0.351 e. The van der Waals surface area contributed by atoms with E-state index < -0.39 is 75.2 Å². The molecule has 1 aliphatic heterocycles. The molecule has 16 heteroatoms. The van der Waals surface area contributed by atoms with Crippen molar-refractivity contribution in [3.63, 3.8) is 0 Å². The van der Waals surface area contributed by atoms with Crippen LogP contribution in [-0.4, -0.2) is 60.4 Å². The first kappa shape index (κ1) is 33.8. The van der Waals surface area contributed by atoms with Crippen LogP contribution in [0.5, 0.6) is 0 Å². The third-order valence-electron chi connectivity index (χ3n) is 8.04. The number of nitrogens with zero attached hydrogens (tertiary/aromatic N) is 5. The Morgan fingerprint density at radius 1 is 1.15 bits per heavy atom. The number of nitriles is 1. The van der Waals surface area contributed by atoms with E-state index in [1.165, 1.54) is 30.5 Å². The topological polar surface area (TPSA) is 153 Å². The van der Waals surface area contributed by atoms with E-state index in [9.17, 15) is 36.8 Å². The normalized spacial score (nSPS) is 18.8. The number of carbonyl (C=O) groups excluding carboxylic acids is 3. The highest BCUT2D eigenvalue weighted by Crippen LogP contribution is 2.38. The molecule has 5 rings (SSSR count). The fourth-order valence-corrected chi connectivity index (χ4v) is 6.62. The molecule has 1 aliphatic carbocycles. The molecular formula is C31H28ClF3N6O5S. The zero-order valence-electron chi connectivity index (χ0n) is 24.9. The van der Waals surface area contributed by atoms with E-state index in [0.29, 0.717) is 0 Å². The van der Waals surface area contributed by atoms with Gasteiger partial charge in [-0.3, -0.25) is 24.2 Å². The van der Waals surface area contributed by atoms with Crippen molar-refractivity contribution in [3.05, 3.63) is 76.8 Å². The van der Waals surface area contributed by atoms with Gasteiger partial charge in [-0.05, 0) is 49.6 Å². The average Bonchev–Trinajstić information content (AvgIpc) is 3.41. The molecule has 2 aromatic carbocycles. The molecule has 246 valence electrons. The van der Waals surface area contributed by atoms with Crippen LogP contribution in [-0.2, 0) is 24.2 Å². The molecule has 1 saturated carbocycles. The van der Waals surface area contributed by atoms with Crippen LogP contribution >= 0.6 is 11.6 Å². The van der Waals surface area contributed by atoms with Crippen molar-refractivity contribution < 1.29 is 36.0 Å². The van der Waals surface area contributed by atoms with Gasteiger partial charge in [-0.15, -0.1) is 0 Å². The summed E-state index contributed by atoms with van der Waals surface area (Å²) in [4.78, 5) is 51.5. The van der Waals surface area contributed by atoms with Crippen molar-refractivity contribution >= 4 is 50.8 Å². The summed E-state index contributed by atoms with van der Waals surface area (Å²) in [5, 5.41) is 12.1. The first-order valence-corrected chi connectivity index (χ1v) is 16.8. The van der Waals surface area contributed by atoms with E-state index in [1.54, 1.807) is 6.07 Å². The Kier molecular flexibility index (Phi) is 9.55. The lowest BCUT2D eigenvalue weighted by molar-refractivity contribution is -0.128. The predicted molar refractivity (Wildman–Crippen MR) is 164 cm³/mol. The van der Waals surface area contributed by atoms with E-state index in [-0.39, 0.29) is 53.6 Å². The number of sulfone groups is 1. The van der Waals surface area contributed by atoms with Crippen LogP contribution in [0.2, 0.25) is 5.02 Å². The minimum Gasteiger partial charge on any atom is -0.351 e. The summed E-state index contributed by atoms with van der Waals surface area (Å²) in [5.41, 5.74) is -0.381. The maximum Gasteiger partial charge on any atom is 0.251 e. The van der Waals surface area contributed by atoms with Gasteiger partial charge in [0.1, 0.15) is 29.7 Å². The first-order valence-electron chi connectivity index (χ1n) is 14.5. The first-order chi connectivity index (χ1) is 22.2. The van der Waals surface area contributed by atoms with Gasteiger partial charge in [0.25, 0.3) is 5.91 Å². The molecule has 11 nitrogen and oxygen atoms in total. The highest BCUT2D eigenvalue weighted by molar-refractivity contribution is 7.90. The zero-order valence-corrected chi connectivity index (χ0v) is 26.4. The highest BCUT2D eigenvalue weighted by atomic mass is 35.5. The van der Waals surface area contributed by atoms with Crippen LogP contribution < -0.4 is 15.1 Å². The lowest BCUT2D eigenvalue weighted by Gasteiger charge is -2.37. The average molecular weight is 689 g/mol. The quantitative estimate of drug-likeness (QED) is 0.363. The van der Waals surface area contributed by atoms with E-state index >= 15 is 4.39 Å². The maximum absolute atomic E-state index is 15.1. The number of nitrogens with one attached hydrogen (secondary N) is 1. The summed E-state index contributed by atoms with van der Waals surface area (Å²) >= 11 is 6.55. The molecule has 1 saturated heterocycles. The molecule has 0 radical (unpaired) electrons. The summed E-state index contributed by atoms with van der Waals surface area (Å²) in [6.45, 7) is 0. The molecule has 1 unspecified atom stereocenters. The Hall–Kier alpha value is -4.55. The molecule has 47 heavy (non-hydrogen) atoms. The lowest BCUT2D eigenvalue weighted by atomic mass is 9.91. The van der Waals surface area contributed by atoms with Gasteiger partial charge in [0.15, 0.2) is 9.84 Å². The van der Waals surface area contributed by atoms with Crippen molar-refractivity contribution in [2.75, 3.05) is 16.1 Å². The lowest BCUT2D eigenvalue weighted by Crippen LogP contribution is -2.53. The summed E-state index contributed by atoms with van der Waals surface area (Å²) in [6, 6.07) is 7.98. The van der Waals surface area contributed by atoms with Gasteiger partial charge in [0.2, 0.25) is 23.7 Å². The van der Waals surface area contributed by atoms with Crippen LogP contribution in [0.4, 0.5) is 24.8 Å². The minimum atomic E-state index is -4.04. The highest BCUT2D eigenvalue weighted by Gasteiger charge is 2.46. The number of benzene rings is 2. The molecule has 1 aromatic heterocycles. The van der Waals surface area contributed by atoms with Gasteiger partial charge < -0.3 is 5.32 Å². The second-order valence-corrected chi connectivity index (χ2v) is 13.8. The fourth-order valence-electron chi connectivity index (χ4n) is 5.72. The monoisotopic (exact) mass is 688 g/mol. The van der Waals surface area contributed by atoms with Gasteiger partial charge in [0, 0.05) is 54.0 Å². The fraction of sp³-hybridized carbons (Fsp3) is 0.355. The minimum absolute atomic E-state index is 0.0183. The summed E-state index contributed by atoms with van der Waals surface area (Å²) in [5.74, 6) is -6.57. The number of rotatable bonds is 8. The molecule has 1 N–H and O–H groups in total. The van der Waals surface area contributed by atoms with Gasteiger partial charge in [-0.1, -0.05) is 29.8 Å². The maximum atomic E-state index is 15.1. The smallest absolute Gasteiger partial charge is 0.251 e. The molecule has 0 spiro atoms. The van der Waals surface area contributed by atoms with E-state index in [2.05, 4.69) is 15.3 Å². The van der Waals surface area contributed by atoms with E-state index in [0.717, 1.165) is 34.3 Å². The van der Waals surface area contributed by atoms with Crippen molar-refractivity contribution in [3.8, 4) is 6.07 Å². The standard InChI is InChI=1S/C31H28ClF3N6O5S/c1-47(45,46)22-15-18(33)14-21(16-22)40(29(44)25-6-7-26(42)41(25)30-37-13-10-20(17-36)39-30)27(23-4-2-3-5-24(23)32)28(43)38-19-8-11-31(34,35)12-9-19/h2-5,10,13-16,19,25,27H,6-9,11-12H2,1H3,(H,38,43)/t25-,27?/m0/s1. The van der Waals surface area contributed by atoms with Crippen molar-refractivity contribution in [1.82, 2.24) is 15.3 Å². The summed E-state index contributed by atoms with van der Waals surface area (Å²) in [7, 11) is -4.04. The number of halogens is 4. The molecule has 3 amide bonds. The van der Waals surface area contributed by atoms with Gasteiger partial charge in [0.05, 0.1) is 4.90 Å². The summed E-state index contributed by atoms with van der Waals surface area (Å²) in [6.07, 6.45) is 0.754. The molecule has 2 aliphatic rings. The number of hydrogen-bond donors (Lipinski definition) is 1. The Bertz CT molecular complexity index is 1880. The number of hydrogen-bond acceptors (Lipinski definition) is 8. The van der Waals surface area contributed by atoms with E-state index in [4.69, 9.17) is 11.6 Å². The molecule has 2 atom stereocenters. The number of anilines is 2. The van der Waals surface area contributed by atoms with Crippen LogP contribution in [0.25, 0.3) is 0 Å². The van der Waals surface area contributed by atoms with Gasteiger partial charge in [-0.2, -0.15) is 5.26 Å². The third-order valence-corrected chi connectivity index (χ3v) is 9.48. The van der Waals surface area contributed by atoms with Crippen molar-refractivity contribution in [1.29, 1.82) is 5.26 Å². The van der Waals surface area contributed by atoms with Gasteiger partial charge >= 0.3 is 0 Å². The Labute approximate surface area is 273 Å². The Morgan fingerprint density at radius 2 is 1.85 bits per heavy atom. The zero-order chi connectivity index (χ0) is 34.1. The van der Waals surface area contributed by atoms with Crippen LogP contribution in [0.1, 0.15) is 55.8 Å². The van der Waals surface area contributed by atoms with Crippen LogP contribution in [0.15, 0.2) is 59.6 Å². The Balaban J connectivity index is 1.67. The third kappa shape index (κ3) is 7.39. The molecule has 3 aromatic rings. The molecule has 2 fully saturated rings. The van der Waals surface area contributed by atoms with Crippen molar-refractivity contribution in [2.45, 2.75) is 67.5 Å². The molecule has 2 heterocycles. The second-order valence-electron chi connectivity index (χ2n) is 11.4. The molecule has 0 bridgehead atoms. The summed E-state index contributed by atoms with van der Waals surface area (Å²) < 4.78 is 68.0.